The van der Waals surface area contributed by atoms with E-state index in [1.165, 1.54) is 70.6 Å². The van der Waals surface area contributed by atoms with Gasteiger partial charge in [-0.1, -0.05) is 104 Å². The van der Waals surface area contributed by atoms with Gasteiger partial charge in [-0.25, -0.2) is 10.1 Å². The summed E-state index contributed by atoms with van der Waals surface area (Å²) in [5.41, 5.74) is -1.64. The second kappa shape index (κ2) is 17.2. The Morgan fingerprint density at radius 1 is 0.879 bits per heavy atom. The van der Waals surface area contributed by atoms with Crippen LogP contribution in [0.4, 0.5) is 0 Å². The number of carbonyl (C=O) groups is 1. The Morgan fingerprint density at radius 2 is 1.36 bits per heavy atom. The summed E-state index contributed by atoms with van der Waals surface area (Å²) in [6, 6.07) is 0. The van der Waals surface area contributed by atoms with Gasteiger partial charge in [-0.05, 0) is 18.8 Å². The molecule has 33 heavy (non-hydrogen) atoms. The van der Waals surface area contributed by atoms with Crippen molar-refractivity contribution < 1.29 is 34.6 Å². The third-order valence-electron chi connectivity index (χ3n) is 6.31. The van der Waals surface area contributed by atoms with Crippen LogP contribution in [0.1, 0.15) is 117 Å². The van der Waals surface area contributed by atoms with Crippen LogP contribution in [0.25, 0.3) is 0 Å². The summed E-state index contributed by atoms with van der Waals surface area (Å²) in [6.07, 6.45) is 16.3. The molecular formula is C26H48O7. The molecule has 0 aromatic rings. The summed E-state index contributed by atoms with van der Waals surface area (Å²) in [6.45, 7) is 5.66. The van der Waals surface area contributed by atoms with Gasteiger partial charge in [0.1, 0.15) is 6.10 Å². The predicted octanol–water partition coefficient (Wildman–Crippen LogP) is 5.88. The maximum Gasteiger partial charge on any atom is 0.378 e. The number of cyclic esters (lactones) is 1. The van der Waals surface area contributed by atoms with E-state index in [2.05, 4.69) is 11.8 Å². The topological polar surface area (TPSA) is 105 Å². The van der Waals surface area contributed by atoms with Gasteiger partial charge in [-0.3, -0.25) is 0 Å². The highest BCUT2D eigenvalue weighted by molar-refractivity contribution is 5.90. The summed E-state index contributed by atoms with van der Waals surface area (Å²) in [5.74, 6) is -1.26. The molecule has 0 aliphatic carbocycles. The number of unbranched alkanes of at least 4 members (excludes halogenated alkanes) is 13. The number of hydrogen-bond acceptors (Lipinski definition) is 7. The van der Waals surface area contributed by atoms with Crippen molar-refractivity contribution >= 4 is 5.97 Å². The van der Waals surface area contributed by atoms with E-state index in [9.17, 15) is 20.3 Å². The van der Waals surface area contributed by atoms with Crippen molar-refractivity contribution in [3.8, 4) is 0 Å². The smallest absolute Gasteiger partial charge is 0.378 e. The Morgan fingerprint density at radius 3 is 1.79 bits per heavy atom. The summed E-state index contributed by atoms with van der Waals surface area (Å²) >= 11 is 0. The SMILES string of the molecule is CCCCCCCCCCCCCCCCOC1=C(OO)[C@@](CC(C)C)([C@@H](O)CO)OC1=O. The minimum Gasteiger partial charge on any atom is -0.484 e. The molecule has 0 aromatic carbocycles. The molecule has 1 rings (SSSR count). The second-order valence-corrected chi connectivity index (χ2v) is 9.77. The number of carbonyl (C=O) groups excluding carboxylic acids is 1. The molecule has 1 aliphatic rings. The van der Waals surface area contributed by atoms with Gasteiger partial charge in [0.05, 0.1) is 13.2 Å². The lowest BCUT2D eigenvalue weighted by molar-refractivity contribution is -0.241. The monoisotopic (exact) mass is 472 g/mol. The lowest BCUT2D eigenvalue weighted by atomic mass is 9.86. The molecule has 1 heterocycles. The van der Waals surface area contributed by atoms with E-state index in [0.29, 0.717) is 6.61 Å². The van der Waals surface area contributed by atoms with Gasteiger partial charge in [0.2, 0.25) is 11.4 Å². The van der Waals surface area contributed by atoms with Crippen LogP contribution in [0, 0.1) is 5.92 Å². The fraction of sp³-hybridized carbons (Fsp3) is 0.885. The Kier molecular flexibility index (Phi) is 15.5. The molecular weight excluding hydrogens is 424 g/mol. The minimum absolute atomic E-state index is 0.00861. The molecule has 0 fully saturated rings. The first-order valence-corrected chi connectivity index (χ1v) is 13.1. The second-order valence-electron chi connectivity index (χ2n) is 9.77. The van der Waals surface area contributed by atoms with Crippen LogP contribution in [0.3, 0.4) is 0 Å². The Bertz CT molecular complexity index is 561. The van der Waals surface area contributed by atoms with Crippen molar-refractivity contribution in [2.45, 2.75) is 129 Å². The maximum absolute atomic E-state index is 12.4. The molecule has 7 nitrogen and oxygen atoms in total. The van der Waals surface area contributed by atoms with E-state index in [4.69, 9.17) is 9.47 Å². The van der Waals surface area contributed by atoms with Crippen molar-refractivity contribution in [2.75, 3.05) is 13.2 Å². The van der Waals surface area contributed by atoms with Crippen molar-refractivity contribution in [3.63, 3.8) is 0 Å². The van der Waals surface area contributed by atoms with E-state index in [1.807, 2.05) is 13.8 Å². The van der Waals surface area contributed by atoms with E-state index in [-0.39, 0.29) is 23.9 Å². The predicted molar refractivity (Wildman–Crippen MR) is 128 cm³/mol. The van der Waals surface area contributed by atoms with Gasteiger partial charge in [0, 0.05) is 0 Å². The van der Waals surface area contributed by atoms with Crippen LogP contribution in [0.5, 0.6) is 0 Å². The van der Waals surface area contributed by atoms with Gasteiger partial charge in [0.15, 0.2) is 0 Å². The molecule has 0 amide bonds. The van der Waals surface area contributed by atoms with Crippen molar-refractivity contribution in [2.24, 2.45) is 5.92 Å². The molecule has 1 aliphatic heterocycles. The van der Waals surface area contributed by atoms with Gasteiger partial charge >= 0.3 is 5.97 Å². The minimum atomic E-state index is -1.64. The van der Waals surface area contributed by atoms with Gasteiger partial charge in [-0.15, -0.1) is 0 Å². The Hall–Kier alpha value is -1.31. The highest BCUT2D eigenvalue weighted by atomic mass is 17.1. The van der Waals surface area contributed by atoms with Gasteiger partial charge < -0.3 is 24.6 Å². The standard InChI is InChI=1S/C26H48O7/c1-4-5-6-7-8-9-10-11-12-13-14-15-16-17-18-31-23-24(33-30)26(19-21(2)3,22(28)20-27)32-25(23)29/h21-22,27-28,30H,4-20H2,1-3H3/t22-,26+/m0/s1. The first-order chi connectivity index (χ1) is 15.9. The lowest BCUT2D eigenvalue weighted by Gasteiger charge is -2.33. The zero-order valence-electron chi connectivity index (χ0n) is 21.2. The van der Waals surface area contributed by atoms with Crippen molar-refractivity contribution in [1.29, 1.82) is 0 Å². The first kappa shape index (κ1) is 29.7. The first-order valence-electron chi connectivity index (χ1n) is 13.1. The van der Waals surface area contributed by atoms with Crippen LogP contribution in [0.15, 0.2) is 11.5 Å². The van der Waals surface area contributed by atoms with Crippen LogP contribution < -0.4 is 0 Å². The summed E-state index contributed by atoms with van der Waals surface area (Å²) in [7, 11) is 0. The molecule has 3 N–H and O–H groups in total. The van der Waals surface area contributed by atoms with Gasteiger partial charge in [0.25, 0.3) is 5.76 Å². The van der Waals surface area contributed by atoms with E-state index >= 15 is 0 Å². The van der Waals surface area contributed by atoms with Crippen molar-refractivity contribution in [1.82, 2.24) is 0 Å². The molecule has 0 radical (unpaired) electrons. The van der Waals surface area contributed by atoms with E-state index in [0.717, 1.165) is 19.3 Å². The molecule has 194 valence electrons. The van der Waals surface area contributed by atoms with Crippen molar-refractivity contribution in [3.05, 3.63) is 11.5 Å². The average Bonchev–Trinajstić information content (AvgIpc) is 3.06. The zero-order chi connectivity index (χ0) is 24.5. The van der Waals surface area contributed by atoms with Crippen LogP contribution in [0.2, 0.25) is 0 Å². The maximum atomic E-state index is 12.4. The summed E-state index contributed by atoms with van der Waals surface area (Å²) in [5, 5.41) is 29.1. The Balaban J connectivity index is 2.26. The normalized spacial score (nSPS) is 19.3. The zero-order valence-corrected chi connectivity index (χ0v) is 21.2. The highest BCUT2D eigenvalue weighted by Crippen LogP contribution is 2.41. The molecule has 0 spiro atoms. The number of aliphatic hydroxyl groups is 2. The van der Waals surface area contributed by atoms with Crippen LogP contribution >= 0.6 is 0 Å². The summed E-state index contributed by atoms with van der Waals surface area (Å²) in [4.78, 5) is 16.8. The Labute approximate surface area is 200 Å². The highest BCUT2D eigenvalue weighted by Gasteiger charge is 2.56. The molecule has 0 aromatic heterocycles. The number of esters is 1. The number of aliphatic hydroxyl groups excluding tert-OH is 2. The average molecular weight is 473 g/mol. The molecule has 0 saturated heterocycles. The largest absolute Gasteiger partial charge is 0.484 e. The lowest BCUT2D eigenvalue weighted by Crippen LogP contribution is -2.48. The van der Waals surface area contributed by atoms with Crippen LogP contribution in [-0.4, -0.2) is 46.4 Å². The van der Waals surface area contributed by atoms with Gasteiger partial charge in [-0.2, -0.15) is 0 Å². The molecule has 2 atom stereocenters. The third kappa shape index (κ3) is 10.2. The number of rotatable bonds is 21. The molecule has 0 saturated carbocycles. The fourth-order valence-corrected chi connectivity index (χ4v) is 4.50. The number of ether oxygens (including phenoxy) is 2. The van der Waals surface area contributed by atoms with E-state index in [1.54, 1.807) is 0 Å². The third-order valence-corrected chi connectivity index (χ3v) is 6.31. The number of hydrogen-bond donors (Lipinski definition) is 3. The molecule has 0 bridgehead atoms. The van der Waals surface area contributed by atoms with E-state index < -0.39 is 24.3 Å². The fourth-order valence-electron chi connectivity index (χ4n) is 4.50. The van der Waals surface area contributed by atoms with Crippen LogP contribution in [-0.2, 0) is 19.2 Å². The summed E-state index contributed by atoms with van der Waals surface area (Å²) < 4.78 is 11.0. The quantitative estimate of drug-likeness (QED) is 0.0829. The molecule has 0 unspecified atom stereocenters. The molecule has 7 heteroatoms.